The van der Waals surface area contributed by atoms with Gasteiger partial charge in [0.25, 0.3) is 0 Å². The van der Waals surface area contributed by atoms with Crippen LogP contribution in [-0.2, 0) is 0 Å². The molecule has 1 aliphatic heterocycles. The number of rotatable bonds is 1. The molecule has 0 aliphatic carbocycles. The molecular weight excluding hydrogens is 189 g/mol. The molecule has 1 saturated heterocycles. The molecule has 0 saturated carbocycles. The normalized spacial score (nSPS) is 22.2. The van der Waals surface area contributed by atoms with Gasteiger partial charge in [-0.05, 0) is 37.1 Å². The highest BCUT2D eigenvalue weighted by atomic mass is 35.5. The molecule has 1 heterocycles. The lowest BCUT2D eigenvalue weighted by atomic mass is 10.1. The van der Waals surface area contributed by atoms with Crippen LogP contribution >= 0.6 is 11.6 Å². The smallest absolute Gasteiger partial charge is 0.141 e. The molecule has 0 spiro atoms. The Bertz CT molecular complexity index is 308. The maximum atomic E-state index is 12.8. The second-order valence-electron chi connectivity index (χ2n) is 3.32. The number of halogens is 2. The van der Waals surface area contributed by atoms with Crippen molar-refractivity contribution in [1.29, 1.82) is 0 Å². The van der Waals surface area contributed by atoms with Crippen LogP contribution in [0.15, 0.2) is 18.2 Å². The van der Waals surface area contributed by atoms with Gasteiger partial charge in [-0.15, -0.1) is 0 Å². The van der Waals surface area contributed by atoms with Gasteiger partial charge >= 0.3 is 0 Å². The fourth-order valence-electron chi connectivity index (χ4n) is 1.70. The van der Waals surface area contributed by atoms with Crippen molar-refractivity contribution in [3.8, 4) is 0 Å². The van der Waals surface area contributed by atoms with E-state index in [-0.39, 0.29) is 10.8 Å². The summed E-state index contributed by atoms with van der Waals surface area (Å²) in [6.45, 7) is 1.04. The quantitative estimate of drug-likeness (QED) is 0.734. The summed E-state index contributed by atoms with van der Waals surface area (Å²) in [5.74, 6) is -0.344. The van der Waals surface area contributed by atoms with Gasteiger partial charge in [-0.1, -0.05) is 17.7 Å². The number of nitrogens with one attached hydrogen (secondary N) is 1. The minimum atomic E-state index is -0.344. The summed E-state index contributed by atoms with van der Waals surface area (Å²) in [6, 6.07) is 5.29. The van der Waals surface area contributed by atoms with E-state index in [2.05, 4.69) is 5.32 Å². The first-order chi connectivity index (χ1) is 6.27. The summed E-state index contributed by atoms with van der Waals surface area (Å²) in [5.41, 5.74) is 1.09. The van der Waals surface area contributed by atoms with E-state index in [0.29, 0.717) is 6.04 Å². The van der Waals surface area contributed by atoms with E-state index < -0.39 is 0 Å². The average Bonchev–Trinajstić information content (AvgIpc) is 2.62. The van der Waals surface area contributed by atoms with E-state index in [1.54, 1.807) is 12.1 Å². The van der Waals surface area contributed by atoms with Gasteiger partial charge in [-0.2, -0.15) is 0 Å². The largest absolute Gasteiger partial charge is 0.310 e. The molecule has 1 fully saturated rings. The van der Waals surface area contributed by atoms with Crippen LogP contribution in [0.3, 0.4) is 0 Å². The molecule has 0 unspecified atom stereocenters. The third kappa shape index (κ3) is 1.84. The van der Waals surface area contributed by atoms with Crippen molar-refractivity contribution in [1.82, 2.24) is 5.32 Å². The van der Waals surface area contributed by atoms with E-state index in [0.717, 1.165) is 18.5 Å². The molecule has 2 rings (SSSR count). The Morgan fingerprint density at radius 2 is 2.31 bits per heavy atom. The van der Waals surface area contributed by atoms with Gasteiger partial charge in [0.05, 0.1) is 5.02 Å². The molecule has 0 aromatic heterocycles. The number of hydrogen-bond donors (Lipinski definition) is 1. The second-order valence-corrected chi connectivity index (χ2v) is 3.73. The molecule has 1 atom stereocenters. The average molecular weight is 200 g/mol. The highest BCUT2D eigenvalue weighted by molar-refractivity contribution is 6.30. The molecule has 13 heavy (non-hydrogen) atoms. The number of benzene rings is 1. The summed E-state index contributed by atoms with van der Waals surface area (Å²) in [6.07, 6.45) is 2.29. The lowest BCUT2D eigenvalue weighted by molar-refractivity contribution is 0.618. The standard InChI is InChI=1S/C10H11ClFN/c11-8-6-7(3-4-9(8)12)10-2-1-5-13-10/h3-4,6,10,13H,1-2,5H2/t10-/m1/s1. The molecule has 0 bridgehead atoms. The van der Waals surface area contributed by atoms with Crippen LogP contribution in [0.1, 0.15) is 24.4 Å². The Balaban J connectivity index is 2.25. The maximum absolute atomic E-state index is 12.8. The van der Waals surface area contributed by atoms with Crippen LogP contribution in [0.2, 0.25) is 5.02 Å². The fourth-order valence-corrected chi connectivity index (χ4v) is 1.89. The molecule has 0 radical (unpaired) electrons. The highest BCUT2D eigenvalue weighted by Gasteiger charge is 2.16. The van der Waals surface area contributed by atoms with Crippen LogP contribution in [0.5, 0.6) is 0 Å². The van der Waals surface area contributed by atoms with Gasteiger partial charge in [0.15, 0.2) is 0 Å². The van der Waals surface area contributed by atoms with E-state index in [4.69, 9.17) is 11.6 Å². The third-order valence-electron chi connectivity index (χ3n) is 2.41. The summed E-state index contributed by atoms with van der Waals surface area (Å²) in [7, 11) is 0. The Kier molecular flexibility index (Phi) is 2.51. The van der Waals surface area contributed by atoms with E-state index in [1.807, 2.05) is 0 Å². The van der Waals surface area contributed by atoms with E-state index in [1.165, 1.54) is 12.5 Å². The zero-order chi connectivity index (χ0) is 9.26. The Hall–Kier alpha value is -0.600. The number of hydrogen-bond acceptors (Lipinski definition) is 1. The van der Waals surface area contributed by atoms with Crippen molar-refractivity contribution in [3.63, 3.8) is 0 Å². The van der Waals surface area contributed by atoms with E-state index in [9.17, 15) is 4.39 Å². The van der Waals surface area contributed by atoms with Crippen molar-refractivity contribution in [2.75, 3.05) is 6.54 Å². The predicted octanol–water partition coefficient (Wildman–Crippen LogP) is 2.90. The van der Waals surface area contributed by atoms with Crippen molar-refractivity contribution < 1.29 is 4.39 Å². The first-order valence-electron chi connectivity index (χ1n) is 4.46. The zero-order valence-electron chi connectivity index (χ0n) is 7.19. The fraction of sp³-hybridized carbons (Fsp3) is 0.400. The first-order valence-corrected chi connectivity index (χ1v) is 4.83. The molecule has 0 amide bonds. The molecule has 1 aliphatic rings. The van der Waals surface area contributed by atoms with Crippen LogP contribution < -0.4 is 5.32 Å². The van der Waals surface area contributed by atoms with Gasteiger partial charge in [0.1, 0.15) is 5.82 Å². The van der Waals surface area contributed by atoms with Gasteiger partial charge in [-0.3, -0.25) is 0 Å². The molecular formula is C10H11ClFN. The minimum absolute atomic E-state index is 0.214. The minimum Gasteiger partial charge on any atom is -0.310 e. The topological polar surface area (TPSA) is 12.0 Å². The van der Waals surface area contributed by atoms with E-state index >= 15 is 0 Å². The summed E-state index contributed by atoms with van der Waals surface area (Å²) in [4.78, 5) is 0. The van der Waals surface area contributed by atoms with Gasteiger partial charge in [-0.25, -0.2) is 4.39 Å². The highest BCUT2D eigenvalue weighted by Crippen LogP contribution is 2.26. The maximum Gasteiger partial charge on any atom is 0.141 e. The molecule has 1 aromatic carbocycles. The Morgan fingerprint density at radius 3 is 2.92 bits per heavy atom. The van der Waals surface area contributed by atoms with Gasteiger partial charge < -0.3 is 5.32 Å². The second kappa shape index (κ2) is 3.64. The Morgan fingerprint density at radius 1 is 1.46 bits per heavy atom. The van der Waals surface area contributed by atoms with Crippen LogP contribution in [0, 0.1) is 5.82 Å². The summed E-state index contributed by atoms with van der Waals surface area (Å²) >= 11 is 5.69. The molecule has 3 heteroatoms. The van der Waals surface area contributed by atoms with Crippen molar-refractivity contribution in [2.45, 2.75) is 18.9 Å². The first kappa shape index (κ1) is 8.97. The monoisotopic (exact) mass is 199 g/mol. The molecule has 1 aromatic rings. The van der Waals surface area contributed by atoms with Crippen LogP contribution in [-0.4, -0.2) is 6.54 Å². The summed E-state index contributed by atoms with van der Waals surface area (Å²) < 4.78 is 12.8. The zero-order valence-corrected chi connectivity index (χ0v) is 7.94. The van der Waals surface area contributed by atoms with Gasteiger partial charge in [0, 0.05) is 6.04 Å². The summed E-state index contributed by atoms with van der Waals surface area (Å²) in [5, 5.41) is 3.55. The van der Waals surface area contributed by atoms with Crippen LogP contribution in [0.25, 0.3) is 0 Å². The molecule has 70 valence electrons. The van der Waals surface area contributed by atoms with Crippen molar-refractivity contribution >= 4 is 11.6 Å². The molecule has 1 N–H and O–H groups in total. The lowest BCUT2D eigenvalue weighted by Gasteiger charge is -2.10. The van der Waals surface area contributed by atoms with Crippen molar-refractivity contribution in [3.05, 3.63) is 34.6 Å². The lowest BCUT2D eigenvalue weighted by Crippen LogP contribution is -2.12. The predicted molar refractivity (Wildman–Crippen MR) is 51.4 cm³/mol. The Labute approximate surface area is 81.9 Å². The SMILES string of the molecule is Fc1ccc([C@H]2CCCN2)cc1Cl. The third-order valence-corrected chi connectivity index (χ3v) is 2.70. The van der Waals surface area contributed by atoms with Crippen molar-refractivity contribution in [2.24, 2.45) is 0 Å². The molecule has 1 nitrogen and oxygen atoms in total. The van der Waals surface area contributed by atoms with Crippen LogP contribution in [0.4, 0.5) is 4.39 Å². The van der Waals surface area contributed by atoms with Gasteiger partial charge in [0.2, 0.25) is 0 Å².